The number of carbonyl (C=O) groups excluding carboxylic acids is 2. The SMILES string of the molecule is CCNC(=O)[C@@H](C)N(Cc1cccc(C)c1)C(=O)CCCN(c1ccccc1C)S(C)(=O)=O. The van der Waals surface area contributed by atoms with Crippen molar-refractivity contribution in [3.8, 4) is 0 Å². The Kier molecular flexibility index (Phi) is 9.46. The summed E-state index contributed by atoms with van der Waals surface area (Å²) in [5.41, 5.74) is 3.48. The van der Waals surface area contributed by atoms with Gasteiger partial charge in [0.05, 0.1) is 11.9 Å². The molecule has 2 aromatic carbocycles. The average molecular weight is 474 g/mol. The highest BCUT2D eigenvalue weighted by Crippen LogP contribution is 2.23. The molecule has 0 fully saturated rings. The van der Waals surface area contributed by atoms with Gasteiger partial charge in [-0.3, -0.25) is 13.9 Å². The summed E-state index contributed by atoms with van der Waals surface area (Å²) in [4.78, 5) is 27.3. The van der Waals surface area contributed by atoms with Crippen LogP contribution in [0.15, 0.2) is 48.5 Å². The summed E-state index contributed by atoms with van der Waals surface area (Å²) in [7, 11) is -3.50. The summed E-state index contributed by atoms with van der Waals surface area (Å²) in [5.74, 6) is -0.398. The summed E-state index contributed by atoms with van der Waals surface area (Å²) < 4.78 is 26.2. The molecule has 0 aromatic heterocycles. The van der Waals surface area contributed by atoms with Crippen LogP contribution in [0.5, 0.6) is 0 Å². The van der Waals surface area contributed by atoms with Crippen molar-refractivity contribution in [1.82, 2.24) is 10.2 Å². The molecule has 0 saturated heterocycles. The third kappa shape index (κ3) is 7.60. The number of hydrogen-bond acceptors (Lipinski definition) is 4. The first-order valence-electron chi connectivity index (χ1n) is 11.2. The largest absolute Gasteiger partial charge is 0.355 e. The fourth-order valence-corrected chi connectivity index (χ4v) is 4.76. The number of benzene rings is 2. The summed E-state index contributed by atoms with van der Waals surface area (Å²) >= 11 is 0. The molecule has 0 unspecified atom stereocenters. The van der Waals surface area contributed by atoms with Crippen LogP contribution in [0.3, 0.4) is 0 Å². The van der Waals surface area contributed by atoms with Crippen LogP contribution in [0.2, 0.25) is 0 Å². The Balaban J connectivity index is 2.16. The lowest BCUT2D eigenvalue weighted by Gasteiger charge is -2.29. The van der Waals surface area contributed by atoms with E-state index < -0.39 is 16.1 Å². The second-order valence-electron chi connectivity index (χ2n) is 8.31. The highest BCUT2D eigenvalue weighted by atomic mass is 32.2. The number of amides is 2. The zero-order chi connectivity index (χ0) is 24.6. The van der Waals surface area contributed by atoms with Crippen LogP contribution >= 0.6 is 0 Å². The first-order valence-corrected chi connectivity index (χ1v) is 13.1. The van der Waals surface area contributed by atoms with E-state index in [1.165, 1.54) is 10.6 Å². The predicted octanol–water partition coefficient (Wildman–Crippen LogP) is 3.40. The molecule has 1 N–H and O–H groups in total. The highest BCUT2D eigenvalue weighted by molar-refractivity contribution is 7.92. The lowest BCUT2D eigenvalue weighted by molar-refractivity contribution is -0.140. The average Bonchev–Trinajstić information content (AvgIpc) is 2.74. The van der Waals surface area contributed by atoms with Crippen molar-refractivity contribution >= 4 is 27.5 Å². The summed E-state index contributed by atoms with van der Waals surface area (Å²) in [6.07, 6.45) is 1.64. The fraction of sp³-hybridized carbons (Fsp3) is 0.440. The van der Waals surface area contributed by atoms with Gasteiger partial charge in [0.15, 0.2) is 0 Å². The molecule has 2 aromatic rings. The Bertz CT molecular complexity index is 1070. The number of rotatable bonds is 11. The van der Waals surface area contributed by atoms with E-state index in [0.717, 1.165) is 16.7 Å². The van der Waals surface area contributed by atoms with Gasteiger partial charge in [-0.15, -0.1) is 0 Å². The molecule has 7 nitrogen and oxygen atoms in total. The minimum atomic E-state index is -3.50. The first-order chi connectivity index (χ1) is 15.5. The minimum absolute atomic E-state index is 0.132. The third-order valence-electron chi connectivity index (χ3n) is 5.49. The van der Waals surface area contributed by atoms with Crippen molar-refractivity contribution in [1.29, 1.82) is 0 Å². The molecule has 180 valence electrons. The van der Waals surface area contributed by atoms with E-state index in [-0.39, 0.29) is 24.8 Å². The molecule has 0 heterocycles. The molecule has 33 heavy (non-hydrogen) atoms. The molecule has 1 atom stereocenters. The Hall–Kier alpha value is -2.87. The van der Waals surface area contributed by atoms with Crippen molar-refractivity contribution in [2.75, 3.05) is 23.7 Å². The molecule has 0 spiro atoms. The number of hydrogen-bond donors (Lipinski definition) is 1. The normalized spacial score (nSPS) is 12.2. The molecule has 2 rings (SSSR count). The summed E-state index contributed by atoms with van der Waals surface area (Å²) in [6, 6.07) is 14.5. The summed E-state index contributed by atoms with van der Waals surface area (Å²) in [5, 5.41) is 2.78. The van der Waals surface area contributed by atoms with Gasteiger partial charge in [0.25, 0.3) is 0 Å². The van der Waals surface area contributed by atoms with Gasteiger partial charge >= 0.3 is 0 Å². The van der Waals surface area contributed by atoms with Crippen molar-refractivity contribution < 1.29 is 18.0 Å². The van der Waals surface area contributed by atoms with Gasteiger partial charge < -0.3 is 10.2 Å². The maximum atomic E-state index is 13.2. The van der Waals surface area contributed by atoms with Gasteiger partial charge in [-0.05, 0) is 51.3 Å². The van der Waals surface area contributed by atoms with Crippen molar-refractivity contribution in [3.05, 3.63) is 65.2 Å². The number of nitrogens with one attached hydrogen (secondary N) is 1. The lowest BCUT2D eigenvalue weighted by Crippen LogP contribution is -2.47. The number of sulfonamides is 1. The monoisotopic (exact) mass is 473 g/mol. The molecular formula is C25H35N3O4S. The van der Waals surface area contributed by atoms with Crippen LogP contribution in [-0.2, 0) is 26.2 Å². The Morgan fingerprint density at radius 2 is 1.76 bits per heavy atom. The maximum Gasteiger partial charge on any atom is 0.242 e. The second kappa shape index (κ2) is 11.8. The molecule has 0 aliphatic heterocycles. The van der Waals surface area contributed by atoms with E-state index in [1.54, 1.807) is 24.0 Å². The number of likely N-dealkylation sites (N-methyl/N-ethyl adjacent to an activating group) is 1. The van der Waals surface area contributed by atoms with Crippen LogP contribution < -0.4 is 9.62 Å². The van der Waals surface area contributed by atoms with E-state index in [4.69, 9.17) is 0 Å². The Morgan fingerprint density at radius 1 is 1.06 bits per heavy atom. The molecular weight excluding hydrogens is 438 g/mol. The van der Waals surface area contributed by atoms with Gasteiger partial charge in [0.2, 0.25) is 21.8 Å². The predicted molar refractivity (Wildman–Crippen MR) is 132 cm³/mol. The topological polar surface area (TPSA) is 86.8 Å². The fourth-order valence-electron chi connectivity index (χ4n) is 3.74. The molecule has 0 aliphatic carbocycles. The smallest absolute Gasteiger partial charge is 0.242 e. The molecule has 0 aliphatic rings. The van der Waals surface area contributed by atoms with E-state index in [2.05, 4.69) is 5.32 Å². The number of carbonyl (C=O) groups is 2. The third-order valence-corrected chi connectivity index (χ3v) is 6.67. The Labute approximate surface area is 197 Å². The maximum absolute atomic E-state index is 13.2. The second-order valence-corrected chi connectivity index (χ2v) is 10.2. The van der Waals surface area contributed by atoms with Gasteiger partial charge in [0.1, 0.15) is 6.04 Å². The number of nitrogens with zero attached hydrogens (tertiary/aromatic N) is 2. The number of aryl methyl sites for hydroxylation is 2. The van der Waals surface area contributed by atoms with Crippen molar-refractivity contribution in [2.45, 2.75) is 53.1 Å². The van der Waals surface area contributed by atoms with Gasteiger partial charge in [0, 0.05) is 26.1 Å². The Morgan fingerprint density at radius 3 is 2.36 bits per heavy atom. The standard InChI is InChI=1S/C25H35N3O4S/c1-6-26-25(30)21(4)27(18-22-13-9-11-19(2)17-22)24(29)15-10-16-28(33(5,31)32)23-14-8-7-12-20(23)3/h7-9,11-14,17,21H,6,10,15-16,18H2,1-5H3,(H,26,30)/t21-/m1/s1. The van der Waals surface area contributed by atoms with Crippen LogP contribution in [0.25, 0.3) is 0 Å². The van der Waals surface area contributed by atoms with Gasteiger partial charge in [-0.25, -0.2) is 8.42 Å². The van der Waals surface area contributed by atoms with Crippen molar-refractivity contribution in [3.63, 3.8) is 0 Å². The zero-order valence-electron chi connectivity index (χ0n) is 20.2. The van der Waals surface area contributed by atoms with E-state index in [1.807, 2.05) is 57.2 Å². The lowest BCUT2D eigenvalue weighted by atomic mass is 10.1. The number of anilines is 1. The molecule has 0 radical (unpaired) electrons. The molecule has 8 heteroatoms. The van der Waals surface area contributed by atoms with Crippen molar-refractivity contribution in [2.24, 2.45) is 0 Å². The molecule has 2 amide bonds. The van der Waals surface area contributed by atoms with Crippen LogP contribution in [0, 0.1) is 13.8 Å². The van der Waals surface area contributed by atoms with E-state index in [0.29, 0.717) is 25.2 Å². The van der Waals surface area contributed by atoms with Gasteiger partial charge in [-0.1, -0.05) is 48.0 Å². The first kappa shape index (κ1) is 26.4. The minimum Gasteiger partial charge on any atom is -0.355 e. The number of para-hydroxylation sites is 1. The van der Waals surface area contributed by atoms with Crippen LogP contribution in [0.1, 0.15) is 43.4 Å². The molecule has 0 saturated carbocycles. The van der Waals surface area contributed by atoms with Crippen LogP contribution in [0.4, 0.5) is 5.69 Å². The quantitative estimate of drug-likeness (QED) is 0.542. The van der Waals surface area contributed by atoms with E-state index in [9.17, 15) is 18.0 Å². The highest BCUT2D eigenvalue weighted by Gasteiger charge is 2.26. The zero-order valence-corrected chi connectivity index (χ0v) is 21.0. The summed E-state index contributed by atoms with van der Waals surface area (Å²) in [6.45, 7) is 8.37. The van der Waals surface area contributed by atoms with Crippen LogP contribution in [-0.4, -0.2) is 50.5 Å². The van der Waals surface area contributed by atoms with E-state index >= 15 is 0 Å². The van der Waals surface area contributed by atoms with Gasteiger partial charge in [-0.2, -0.15) is 0 Å². The molecule has 0 bridgehead atoms.